The fourth-order valence-corrected chi connectivity index (χ4v) is 2.01. The standard InChI is InChI=1S/C15H18N2O/c1-3-14-13(10-18)9-16-15(17-14)8-12-6-4-5-11(2)7-12/h4-7,9,18H,3,8,10H2,1-2H3. The maximum absolute atomic E-state index is 9.19. The Balaban J connectivity index is 2.24. The molecule has 2 rings (SSSR count). The molecule has 0 fully saturated rings. The minimum Gasteiger partial charge on any atom is -0.392 e. The van der Waals surface area contributed by atoms with Crippen LogP contribution in [-0.2, 0) is 19.4 Å². The largest absolute Gasteiger partial charge is 0.392 e. The Morgan fingerprint density at radius 2 is 2.11 bits per heavy atom. The van der Waals surface area contributed by atoms with E-state index in [-0.39, 0.29) is 6.61 Å². The fraction of sp³-hybridized carbons (Fsp3) is 0.333. The van der Waals surface area contributed by atoms with Gasteiger partial charge in [0.1, 0.15) is 5.82 Å². The molecule has 0 unspecified atom stereocenters. The smallest absolute Gasteiger partial charge is 0.132 e. The second kappa shape index (κ2) is 5.74. The van der Waals surface area contributed by atoms with E-state index >= 15 is 0 Å². The number of aromatic nitrogens is 2. The summed E-state index contributed by atoms with van der Waals surface area (Å²) in [6.45, 7) is 4.13. The molecule has 1 N–H and O–H groups in total. The van der Waals surface area contributed by atoms with E-state index in [9.17, 15) is 5.11 Å². The lowest BCUT2D eigenvalue weighted by Gasteiger charge is -2.07. The molecule has 1 aromatic carbocycles. The highest BCUT2D eigenvalue weighted by molar-refractivity contribution is 5.26. The molecule has 0 aliphatic carbocycles. The van der Waals surface area contributed by atoms with Crippen LogP contribution in [0.15, 0.2) is 30.5 Å². The molecule has 0 spiro atoms. The monoisotopic (exact) mass is 242 g/mol. The third kappa shape index (κ3) is 2.93. The van der Waals surface area contributed by atoms with Crippen LogP contribution in [0.4, 0.5) is 0 Å². The van der Waals surface area contributed by atoms with E-state index in [1.807, 2.05) is 13.0 Å². The summed E-state index contributed by atoms with van der Waals surface area (Å²) in [5.41, 5.74) is 4.23. The molecule has 18 heavy (non-hydrogen) atoms. The average Bonchev–Trinajstić information content (AvgIpc) is 2.38. The van der Waals surface area contributed by atoms with Crippen molar-refractivity contribution in [1.29, 1.82) is 0 Å². The second-order valence-corrected chi connectivity index (χ2v) is 4.44. The predicted octanol–water partition coefficient (Wildman–Crippen LogP) is 2.43. The van der Waals surface area contributed by atoms with Gasteiger partial charge >= 0.3 is 0 Å². The second-order valence-electron chi connectivity index (χ2n) is 4.44. The number of aliphatic hydroxyl groups is 1. The summed E-state index contributed by atoms with van der Waals surface area (Å²) >= 11 is 0. The van der Waals surface area contributed by atoms with Gasteiger partial charge in [-0.25, -0.2) is 9.97 Å². The quantitative estimate of drug-likeness (QED) is 0.895. The summed E-state index contributed by atoms with van der Waals surface area (Å²) in [6.07, 6.45) is 3.29. The highest BCUT2D eigenvalue weighted by Crippen LogP contribution is 2.11. The topological polar surface area (TPSA) is 46.0 Å². The number of aliphatic hydroxyl groups excluding tert-OH is 1. The lowest BCUT2D eigenvalue weighted by Crippen LogP contribution is -2.04. The average molecular weight is 242 g/mol. The van der Waals surface area contributed by atoms with Crippen molar-refractivity contribution in [1.82, 2.24) is 9.97 Å². The summed E-state index contributed by atoms with van der Waals surface area (Å²) in [7, 11) is 0. The van der Waals surface area contributed by atoms with Gasteiger partial charge in [0.25, 0.3) is 0 Å². The normalized spacial score (nSPS) is 10.6. The zero-order chi connectivity index (χ0) is 13.0. The van der Waals surface area contributed by atoms with Crippen molar-refractivity contribution in [3.8, 4) is 0 Å². The van der Waals surface area contributed by atoms with Crippen molar-refractivity contribution in [3.05, 3.63) is 58.7 Å². The summed E-state index contributed by atoms with van der Waals surface area (Å²) in [6, 6.07) is 8.36. The van der Waals surface area contributed by atoms with E-state index < -0.39 is 0 Å². The molecule has 0 amide bonds. The molecule has 0 saturated carbocycles. The fourth-order valence-electron chi connectivity index (χ4n) is 2.01. The Kier molecular flexibility index (Phi) is 4.05. The SMILES string of the molecule is CCc1nc(Cc2cccc(C)c2)ncc1CO. The number of benzene rings is 1. The Hall–Kier alpha value is -1.74. The number of hydrogen-bond acceptors (Lipinski definition) is 3. The molecule has 0 atom stereocenters. The third-order valence-electron chi connectivity index (χ3n) is 2.95. The van der Waals surface area contributed by atoms with Crippen LogP contribution in [0.3, 0.4) is 0 Å². The number of rotatable bonds is 4. The van der Waals surface area contributed by atoms with Crippen molar-refractivity contribution in [2.75, 3.05) is 0 Å². The van der Waals surface area contributed by atoms with Gasteiger partial charge in [0.2, 0.25) is 0 Å². The number of hydrogen-bond donors (Lipinski definition) is 1. The van der Waals surface area contributed by atoms with E-state index in [2.05, 4.69) is 35.1 Å². The van der Waals surface area contributed by atoms with E-state index in [4.69, 9.17) is 0 Å². The van der Waals surface area contributed by atoms with Crippen molar-refractivity contribution in [2.24, 2.45) is 0 Å². The van der Waals surface area contributed by atoms with Gasteiger partial charge in [0, 0.05) is 23.9 Å². The van der Waals surface area contributed by atoms with Crippen LogP contribution in [-0.4, -0.2) is 15.1 Å². The van der Waals surface area contributed by atoms with Crippen molar-refractivity contribution < 1.29 is 5.11 Å². The summed E-state index contributed by atoms with van der Waals surface area (Å²) < 4.78 is 0. The molecule has 0 bridgehead atoms. The van der Waals surface area contributed by atoms with Crippen LogP contribution in [0.5, 0.6) is 0 Å². The zero-order valence-electron chi connectivity index (χ0n) is 10.8. The van der Waals surface area contributed by atoms with Gasteiger partial charge in [-0.2, -0.15) is 0 Å². The van der Waals surface area contributed by atoms with Gasteiger partial charge < -0.3 is 5.11 Å². The first kappa shape index (κ1) is 12.7. The lowest BCUT2D eigenvalue weighted by molar-refractivity contribution is 0.279. The highest BCUT2D eigenvalue weighted by Gasteiger charge is 2.05. The Bertz CT molecular complexity index is 538. The van der Waals surface area contributed by atoms with Crippen molar-refractivity contribution in [2.45, 2.75) is 33.3 Å². The molecule has 2 aromatic rings. The van der Waals surface area contributed by atoms with Crippen LogP contribution in [0.1, 0.15) is 35.1 Å². The first-order valence-electron chi connectivity index (χ1n) is 6.23. The first-order chi connectivity index (χ1) is 8.72. The summed E-state index contributed by atoms with van der Waals surface area (Å²) in [5.74, 6) is 0.814. The predicted molar refractivity (Wildman–Crippen MR) is 71.3 cm³/mol. The maximum Gasteiger partial charge on any atom is 0.132 e. The van der Waals surface area contributed by atoms with E-state index in [0.717, 1.165) is 29.9 Å². The number of aryl methyl sites for hydroxylation is 2. The van der Waals surface area contributed by atoms with Gasteiger partial charge in [-0.05, 0) is 18.9 Å². The lowest BCUT2D eigenvalue weighted by atomic mass is 10.1. The molecular formula is C15H18N2O. The molecule has 0 saturated heterocycles. The van der Waals surface area contributed by atoms with Crippen LogP contribution in [0.25, 0.3) is 0 Å². The van der Waals surface area contributed by atoms with E-state index in [1.54, 1.807) is 6.20 Å². The molecule has 0 aliphatic heterocycles. The molecule has 0 aliphatic rings. The van der Waals surface area contributed by atoms with Gasteiger partial charge in [0.05, 0.1) is 6.61 Å². The van der Waals surface area contributed by atoms with E-state index in [1.165, 1.54) is 11.1 Å². The molecule has 3 nitrogen and oxygen atoms in total. The first-order valence-corrected chi connectivity index (χ1v) is 6.23. The van der Waals surface area contributed by atoms with Crippen molar-refractivity contribution in [3.63, 3.8) is 0 Å². The van der Waals surface area contributed by atoms with Crippen molar-refractivity contribution >= 4 is 0 Å². The molecule has 94 valence electrons. The van der Waals surface area contributed by atoms with Gasteiger partial charge in [-0.15, -0.1) is 0 Å². The summed E-state index contributed by atoms with van der Waals surface area (Å²) in [5, 5.41) is 9.19. The zero-order valence-corrected chi connectivity index (χ0v) is 10.8. The minimum absolute atomic E-state index is 0.00784. The molecule has 1 heterocycles. The summed E-state index contributed by atoms with van der Waals surface area (Å²) in [4.78, 5) is 8.83. The van der Waals surface area contributed by atoms with Gasteiger partial charge in [-0.3, -0.25) is 0 Å². The van der Waals surface area contributed by atoms with Crippen LogP contribution in [0.2, 0.25) is 0 Å². The molecule has 1 aromatic heterocycles. The Morgan fingerprint density at radius 3 is 2.78 bits per heavy atom. The Labute approximate surface area is 108 Å². The van der Waals surface area contributed by atoms with Gasteiger partial charge in [-0.1, -0.05) is 36.8 Å². The highest BCUT2D eigenvalue weighted by atomic mass is 16.3. The number of nitrogens with zero attached hydrogens (tertiary/aromatic N) is 2. The van der Waals surface area contributed by atoms with E-state index in [0.29, 0.717) is 0 Å². The molecular weight excluding hydrogens is 224 g/mol. The minimum atomic E-state index is 0.00784. The molecule has 0 radical (unpaired) electrons. The third-order valence-corrected chi connectivity index (χ3v) is 2.95. The maximum atomic E-state index is 9.19. The van der Waals surface area contributed by atoms with Crippen LogP contribution in [0, 0.1) is 6.92 Å². The Morgan fingerprint density at radius 1 is 1.28 bits per heavy atom. The molecule has 3 heteroatoms. The van der Waals surface area contributed by atoms with Crippen LogP contribution < -0.4 is 0 Å². The van der Waals surface area contributed by atoms with Gasteiger partial charge in [0.15, 0.2) is 0 Å². The van der Waals surface area contributed by atoms with Crippen LogP contribution >= 0.6 is 0 Å².